The molecule has 2 aromatic heterocycles. The number of rotatable bonds is 4. The largest absolute Gasteiger partial charge is 0.437 e. The fourth-order valence-corrected chi connectivity index (χ4v) is 4.95. The highest BCUT2D eigenvalue weighted by molar-refractivity contribution is 8.26. The van der Waals surface area contributed by atoms with Crippen molar-refractivity contribution in [3.8, 4) is 11.6 Å². The Balaban J connectivity index is 1.88. The SMILES string of the molecule is CC(C)N1C(=O)/C(=C/c2c(Oc3ccc(Cl)cc3Cl)nc3ccccn3c2=O)SC1=S. The van der Waals surface area contributed by atoms with E-state index in [9.17, 15) is 9.59 Å². The molecule has 31 heavy (non-hydrogen) atoms. The Morgan fingerprint density at radius 1 is 1.19 bits per heavy atom. The van der Waals surface area contributed by atoms with E-state index in [-0.39, 0.29) is 39.7 Å². The third-order valence-corrected chi connectivity index (χ3v) is 6.31. The molecule has 0 radical (unpaired) electrons. The van der Waals surface area contributed by atoms with Gasteiger partial charge in [-0.05, 0) is 50.3 Å². The van der Waals surface area contributed by atoms with Crippen LogP contribution < -0.4 is 10.3 Å². The van der Waals surface area contributed by atoms with Crippen molar-refractivity contribution in [2.24, 2.45) is 0 Å². The third-order valence-electron chi connectivity index (χ3n) is 4.45. The molecule has 158 valence electrons. The van der Waals surface area contributed by atoms with Gasteiger partial charge in [-0.2, -0.15) is 4.98 Å². The number of thioether (sulfide) groups is 1. The van der Waals surface area contributed by atoms with Gasteiger partial charge >= 0.3 is 0 Å². The van der Waals surface area contributed by atoms with Crippen LogP contribution in [0, 0.1) is 0 Å². The second kappa shape index (κ2) is 8.63. The second-order valence-corrected chi connectivity index (χ2v) is 9.41. The minimum absolute atomic E-state index is 0.0234. The molecule has 0 bridgehead atoms. The summed E-state index contributed by atoms with van der Waals surface area (Å²) in [5.74, 6) is 0.0379. The molecule has 1 fully saturated rings. The van der Waals surface area contributed by atoms with Crippen LogP contribution in [0.3, 0.4) is 0 Å². The Hall–Kier alpha value is -2.39. The Bertz CT molecular complexity index is 1320. The van der Waals surface area contributed by atoms with Crippen LogP contribution in [0.5, 0.6) is 11.6 Å². The molecule has 0 N–H and O–H groups in total. The monoisotopic (exact) mass is 491 g/mol. The summed E-state index contributed by atoms with van der Waals surface area (Å²) in [7, 11) is 0. The van der Waals surface area contributed by atoms with Crippen molar-refractivity contribution < 1.29 is 9.53 Å². The average Bonchev–Trinajstić information content (AvgIpc) is 3.00. The van der Waals surface area contributed by atoms with Gasteiger partial charge in [0.15, 0.2) is 0 Å². The van der Waals surface area contributed by atoms with E-state index in [1.807, 2.05) is 13.8 Å². The van der Waals surface area contributed by atoms with Crippen LogP contribution in [0.15, 0.2) is 52.3 Å². The van der Waals surface area contributed by atoms with Crippen molar-refractivity contribution in [2.75, 3.05) is 0 Å². The zero-order chi connectivity index (χ0) is 22.3. The maximum atomic E-state index is 13.2. The topological polar surface area (TPSA) is 63.9 Å². The number of fused-ring (bicyclic) bond motifs is 1. The van der Waals surface area contributed by atoms with E-state index in [0.29, 0.717) is 19.9 Å². The summed E-state index contributed by atoms with van der Waals surface area (Å²) in [5.41, 5.74) is 0.110. The molecule has 1 aliphatic heterocycles. The number of thiocarbonyl (C=S) groups is 1. The van der Waals surface area contributed by atoms with Crippen molar-refractivity contribution in [3.63, 3.8) is 0 Å². The highest BCUT2D eigenvalue weighted by Crippen LogP contribution is 2.36. The molecule has 10 heteroatoms. The molecule has 1 saturated heterocycles. The number of amides is 1. The predicted molar refractivity (Wildman–Crippen MR) is 128 cm³/mol. The summed E-state index contributed by atoms with van der Waals surface area (Å²) in [6, 6.07) is 9.78. The van der Waals surface area contributed by atoms with Crippen LogP contribution in [0.1, 0.15) is 19.4 Å². The maximum absolute atomic E-state index is 13.2. The minimum atomic E-state index is -0.388. The minimum Gasteiger partial charge on any atom is -0.437 e. The molecule has 0 unspecified atom stereocenters. The van der Waals surface area contributed by atoms with Crippen LogP contribution in [-0.4, -0.2) is 30.6 Å². The molecule has 1 amide bonds. The normalized spacial score (nSPS) is 15.5. The molecule has 3 heterocycles. The number of ether oxygens (including phenoxy) is 1. The summed E-state index contributed by atoms with van der Waals surface area (Å²) >= 11 is 18.7. The molecular formula is C21H15Cl2N3O3S2. The van der Waals surface area contributed by atoms with E-state index in [1.165, 1.54) is 21.4 Å². The lowest BCUT2D eigenvalue weighted by atomic mass is 10.2. The molecule has 3 aromatic rings. The Kier molecular flexibility index (Phi) is 6.07. The zero-order valence-electron chi connectivity index (χ0n) is 16.3. The van der Waals surface area contributed by atoms with Gasteiger partial charge in [-0.1, -0.05) is 53.2 Å². The van der Waals surface area contributed by atoms with Crippen LogP contribution >= 0.6 is 47.2 Å². The summed E-state index contributed by atoms with van der Waals surface area (Å²) in [6.07, 6.45) is 3.07. The second-order valence-electron chi connectivity index (χ2n) is 6.89. The number of halogens is 2. The standard InChI is InChI=1S/C21H15Cl2N3O3S2/c1-11(2)26-20(28)16(31-21(26)30)10-13-18(29-15-7-6-12(22)9-14(15)23)24-17-5-3-4-8-25(17)19(13)27/h3-11H,1-2H3/b16-10-. The Morgan fingerprint density at radius 3 is 2.65 bits per heavy atom. The van der Waals surface area contributed by atoms with Gasteiger partial charge in [-0.15, -0.1) is 0 Å². The van der Waals surface area contributed by atoms with Gasteiger partial charge in [0, 0.05) is 17.3 Å². The molecule has 6 nitrogen and oxygen atoms in total. The molecule has 0 saturated carbocycles. The molecule has 0 spiro atoms. The highest BCUT2D eigenvalue weighted by Gasteiger charge is 2.34. The average molecular weight is 492 g/mol. The lowest BCUT2D eigenvalue weighted by Gasteiger charge is -2.18. The van der Waals surface area contributed by atoms with Crippen molar-refractivity contribution in [3.05, 3.63) is 73.5 Å². The van der Waals surface area contributed by atoms with Gasteiger partial charge in [0.1, 0.15) is 21.3 Å². The van der Waals surface area contributed by atoms with Crippen LogP contribution in [0.4, 0.5) is 0 Å². The smallest absolute Gasteiger partial charge is 0.269 e. The first-order chi connectivity index (χ1) is 14.8. The lowest BCUT2D eigenvalue weighted by molar-refractivity contribution is -0.123. The Labute approximate surface area is 197 Å². The van der Waals surface area contributed by atoms with Gasteiger partial charge < -0.3 is 4.74 Å². The number of benzene rings is 1. The van der Waals surface area contributed by atoms with Crippen molar-refractivity contribution >= 4 is 69.1 Å². The first-order valence-corrected chi connectivity index (χ1v) is 11.2. The fourth-order valence-electron chi connectivity index (χ4n) is 3.00. The van der Waals surface area contributed by atoms with Gasteiger partial charge in [0.25, 0.3) is 11.5 Å². The number of hydrogen-bond donors (Lipinski definition) is 0. The van der Waals surface area contributed by atoms with Crippen LogP contribution in [0.2, 0.25) is 10.0 Å². The molecule has 4 rings (SSSR count). The first-order valence-electron chi connectivity index (χ1n) is 9.17. The number of nitrogens with zero attached hydrogens (tertiary/aromatic N) is 3. The van der Waals surface area contributed by atoms with Crippen LogP contribution in [0.25, 0.3) is 11.7 Å². The van der Waals surface area contributed by atoms with Gasteiger partial charge in [-0.3, -0.25) is 18.9 Å². The molecule has 0 aliphatic carbocycles. The number of carbonyl (C=O) groups excluding carboxylic acids is 1. The van der Waals surface area contributed by atoms with E-state index in [0.717, 1.165) is 11.8 Å². The Morgan fingerprint density at radius 2 is 1.97 bits per heavy atom. The van der Waals surface area contributed by atoms with Gasteiger partial charge in [0.2, 0.25) is 5.88 Å². The number of carbonyl (C=O) groups is 1. The lowest BCUT2D eigenvalue weighted by Crippen LogP contribution is -2.34. The highest BCUT2D eigenvalue weighted by atomic mass is 35.5. The maximum Gasteiger partial charge on any atom is 0.269 e. The van der Waals surface area contributed by atoms with Crippen LogP contribution in [-0.2, 0) is 4.79 Å². The van der Waals surface area contributed by atoms with E-state index >= 15 is 0 Å². The van der Waals surface area contributed by atoms with Crippen molar-refractivity contribution in [1.82, 2.24) is 14.3 Å². The molecule has 1 aromatic carbocycles. The summed E-state index contributed by atoms with van der Waals surface area (Å²) in [5, 5.41) is 0.709. The first kappa shape index (κ1) is 21.8. The summed E-state index contributed by atoms with van der Waals surface area (Å²) < 4.78 is 7.72. The third kappa shape index (κ3) is 4.21. The van der Waals surface area contributed by atoms with E-state index in [1.54, 1.807) is 36.5 Å². The summed E-state index contributed by atoms with van der Waals surface area (Å²) in [6.45, 7) is 3.74. The predicted octanol–water partition coefficient (Wildman–Crippen LogP) is 5.40. The van der Waals surface area contributed by atoms with E-state index in [4.69, 9.17) is 40.2 Å². The number of pyridine rings is 1. The molecule has 0 atom stereocenters. The summed E-state index contributed by atoms with van der Waals surface area (Å²) in [4.78, 5) is 32.4. The van der Waals surface area contributed by atoms with E-state index < -0.39 is 0 Å². The van der Waals surface area contributed by atoms with Gasteiger partial charge in [-0.25, -0.2) is 0 Å². The van der Waals surface area contributed by atoms with Gasteiger partial charge in [0.05, 0.1) is 9.93 Å². The van der Waals surface area contributed by atoms with Crippen molar-refractivity contribution in [1.29, 1.82) is 0 Å². The van der Waals surface area contributed by atoms with E-state index in [2.05, 4.69) is 4.98 Å². The molecular weight excluding hydrogens is 477 g/mol. The number of aromatic nitrogens is 2. The van der Waals surface area contributed by atoms with Crippen molar-refractivity contribution in [2.45, 2.75) is 19.9 Å². The zero-order valence-corrected chi connectivity index (χ0v) is 19.5. The number of hydrogen-bond acceptors (Lipinski definition) is 6. The fraction of sp³-hybridized carbons (Fsp3) is 0.143. The molecule has 1 aliphatic rings. The quantitative estimate of drug-likeness (QED) is 0.359.